The maximum Gasteiger partial charge on any atom is 0.319 e. The van der Waals surface area contributed by atoms with Crippen molar-refractivity contribution in [3.63, 3.8) is 0 Å². The highest BCUT2D eigenvalue weighted by Crippen LogP contribution is 2.19. The van der Waals surface area contributed by atoms with Gasteiger partial charge >= 0.3 is 6.03 Å². The Morgan fingerprint density at radius 3 is 2.75 bits per heavy atom. The second-order valence-electron chi connectivity index (χ2n) is 5.28. The van der Waals surface area contributed by atoms with E-state index in [9.17, 15) is 9.18 Å². The number of rotatable bonds is 4. The van der Waals surface area contributed by atoms with Crippen molar-refractivity contribution in [1.29, 1.82) is 0 Å². The fourth-order valence-corrected chi connectivity index (χ4v) is 2.17. The van der Waals surface area contributed by atoms with Crippen LogP contribution in [0, 0.1) is 12.7 Å². The van der Waals surface area contributed by atoms with Gasteiger partial charge in [0.25, 0.3) is 0 Å². The van der Waals surface area contributed by atoms with E-state index >= 15 is 0 Å². The van der Waals surface area contributed by atoms with E-state index < -0.39 is 11.8 Å². The van der Waals surface area contributed by atoms with E-state index in [0.717, 1.165) is 11.1 Å². The molecule has 0 aliphatic heterocycles. The molecule has 3 rings (SSSR count). The van der Waals surface area contributed by atoms with Gasteiger partial charge in [-0.15, -0.1) is 0 Å². The molecule has 0 aliphatic rings. The molecule has 0 unspecified atom stereocenters. The van der Waals surface area contributed by atoms with E-state index in [4.69, 9.17) is 4.42 Å². The summed E-state index contributed by atoms with van der Waals surface area (Å²) in [5, 5.41) is 5.03. The molecule has 3 aromatic rings. The van der Waals surface area contributed by atoms with Crippen LogP contribution in [0.2, 0.25) is 0 Å². The molecule has 24 heavy (non-hydrogen) atoms. The van der Waals surface area contributed by atoms with E-state index in [2.05, 4.69) is 15.6 Å². The summed E-state index contributed by atoms with van der Waals surface area (Å²) in [5.41, 5.74) is 1.81. The minimum absolute atomic E-state index is 0.103. The summed E-state index contributed by atoms with van der Waals surface area (Å²) in [5.74, 6) is 0.512. The monoisotopic (exact) mass is 325 g/mol. The van der Waals surface area contributed by atoms with Crippen molar-refractivity contribution < 1.29 is 13.6 Å². The first-order valence-corrected chi connectivity index (χ1v) is 7.43. The summed E-state index contributed by atoms with van der Waals surface area (Å²) >= 11 is 0. The molecule has 0 radical (unpaired) electrons. The molecular formula is C18H16FN3O2. The Morgan fingerprint density at radius 1 is 1.21 bits per heavy atom. The van der Waals surface area contributed by atoms with Crippen molar-refractivity contribution in [2.75, 3.05) is 5.32 Å². The molecule has 1 heterocycles. The Kier molecular flexibility index (Phi) is 4.56. The van der Waals surface area contributed by atoms with Crippen molar-refractivity contribution in [2.24, 2.45) is 0 Å². The second kappa shape index (κ2) is 6.95. The third kappa shape index (κ3) is 3.78. The lowest BCUT2D eigenvalue weighted by Crippen LogP contribution is -2.28. The van der Waals surface area contributed by atoms with Crippen LogP contribution < -0.4 is 10.6 Å². The third-order valence-corrected chi connectivity index (χ3v) is 3.38. The molecule has 2 aromatic carbocycles. The number of hydrogen-bond acceptors (Lipinski definition) is 3. The van der Waals surface area contributed by atoms with Crippen LogP contribution in [0.1, 0.15) is 11.5 Å². The van der Waals surface area contributed by atoms with Gasteiger partial charge in [0.2, 0.25) is 5.89 Å². The highest BCUT2D eigenvalue weighted by atomic mass is 19.1. The normalized spacial score (nSPS) is 10.4. The number of amides is 2. The first kappa shape index (κ1) is 15.7. The van der Waals surface area contributed by atoms with E-state index in [0.29, 0.717) is 11.7 Å². The number of nitrogens with one attached hydrogen (secondary N) is 2. The first-order chi connectivity index (χ1) is 11.6. The summed E-state index contributed by atoms with van der Waals surface area (Å²) in [6.07, 6.45) is 1.60. The Balaban J connectivity index is 1.58. The summed E-state index contributed by atoms with van der Waals surface area (Å²) in [6, 6.07) is 13.6. The minimum atomic E-state index is -0.530. The van der Waals surface area contributed by atoms with Gasteiger partial charge in [0.05, 0.1) is 18.4 Å². The molecule has 6 heteroatoms. The summed E-state index contributed by atoms with van der Waals surface area (Å²) in [7, 11) is 0. The van der Waals surface area contributed by atoms with Gasteiger partial charge in [-0.3, -0.25) is 0 Å². The predicted octanol–water partition coefficient (Wildman–Crippen LogP) is 4.11. The largest absolute Gasteiger partial charge is 0.439 e. The Hall–Kier alpha value is -3.15. The molecule has 1 aromatic heterocycles. The number of aryl methyl sites for hydroxylation is 1. The lowest BCUT2D eigenvalue weighted by molar-refractivity contribution is 0.250. The zero-order valence-electron chi connectivity index (χ0n) is 13.0. The van der Waals surface area contributed by atoms with Gasteiger partial charge in [-0.2, -0.15) is 0 Å². The molecule has 0 spiro atoms. The van der Waals surface area contributed by atoms with Crippen LogP contribution in [0.25, 0.3) is 11.3 Å². The molecule has 2 N–H and O–H groups in total. The summed E-state index contributed by atoms with van der Waals surface area (Å²) in [6.45, 7) is 1.88. The number of hydrogen-bond donors (Lipinski definition) is 2. The molecule has 0 saturated carbocycles. The van der Waals surface area contributed by atoms with Crippen LogP contribution >= 0.6 is 0 Å². The number of carbonyl (C=O) groups is 1. The molecule has 0 aliphatic carbocycles. The fraction of sp³-hybridized carbons (Fsp3) is 0.111. The van der Waals surface area contributed by atoms with Crippen molar-refractivity contribution in [2.45, 2.75) is 13.5 Å². The van der Waals surface area contributed by atoms with Crippen molar-refractivity contribution in [3.05, 3.63) is 72.0 Å². The van der Waals surface area contributed by atoms with Gasteiger partial charge in [0, 0.05) is 5.56 Å². The summed E-state index contributed by atoms with van der Waals surface area (Å²) < 4.78 is 19.3. The van der Waals surface area contributed by atoms with Crippen molar-refractivity contribution >= 4 is 11.7 Å². The zero-order chi connectivity index (χ0) is 16.9. The third-order valence-electron chi connectivity index (χ3n) is 3.38. The smallest absolute Gasteiger partial charge is 0.319 e. The maximum absolute atomic E-state index is 13.7. The van der Waals surface area contributed by atoms with Gasteiger partial charge in [0.1, 0.15) is 5.82 Å². The zero-order valence-corrected chi connectivity index (χ0v) is 13.0. The number of halogens is 1. The van der Waals surface area contributed by atoms with E-state index in [-0.39, 0.29) is 12.2 Å². The molecular weight excluding hydrogens is 309 g/mol. The quantitative estimate of drug-likeness (QED) is 0.758. The van der Waals surface area contributed by atoms with Crippen molar-refractivity contribution in [3.8, 4) is 11.3 Å². The molecule has 122 valence electrons. The lowest BCUT2D eigenvalue weighted by atomic mass is 10.2. The average molecular weight is 325 g/mol. The van der Waals surface area contributed by atoms with Crippen LogP contribution in [0.4, 0.5) is 14.9 Å². The van der Waals surface area contributed by atoms with Crippen LogP contribution in [-0.4, -0.2) is 11.0 Å². The van der Waals surface area contributed by atoms with Crippen LogP contribution in [0.3, 0.4) is 0 Å². The number of nitrogens with zero attached hydrogens (tertiary/aromatic N) is 1. The number of aromatic nitrogens is 1. The molecule has 2 amide bonds. The number of carbonyl (C=O) groups excluding carboxylic acids is 1. The molecule has 5 nitrogen and oxygen atoms in total. The molecule has 0 atom stereocenters. The first-order valence-electron chi connectivity index (χ1n) is 7.43. The molecule has 0 bridgehead atoms. The Morgan fingerprint density at radius 2 is 2.00 bits per heavy atom. The number of benzene rings is 2. The van der Waals surface area contributed by atoms with Gasteiger partial charge in [-0.1, -0.05) is 36.4 Å². The lowest BCUT2D eigenvalue weighted by Gasteiger charge is -2.07. The van der Waals surface area contributed by atoms with Crippen molar-refractivity contribution in [1.82, 2.24) is 10.3 Å². The predicted molar refractivity (Wildman–Crippen MR) is 88.9 cm³/mol. The fourth-order valence-electron chi connectivity index (χ4n) is 2.17. The SMILES string of the molecule is Cc1ccc(NC(=O)NCc2ncc(-c3ccccc3)o2)c(F)c1. The Labute approximate surface area is 138 Å². The Bertz CT molecular complexity index is 846. The second-order valence-corrected chi connectivity index (χ2v) is 5.28. The standard InChI is InChI=1S/C18H16FN3O2/c1-12-7-8-15(14(19)9-12)22-18(23)21-11-17-20-10-16(24-17)13-5-3-2-4-6-13/h2-10H,11H2,1H3,(H2,21,22,23). The van der Waals surface area contributed by atoms with E-state index in [1.807, 2.05) is 30.3 Å². The topological polar surface area (TPSA) is 67.2 Å². The summed E-state index contributed by atoms with van der Waals surface area (Å²) in [4.78, 5) is 16.0. The highest BCUT2D eigenvalue weighted by Gasteiger charge is 2.09. The van der Waals surface area contributed by atoms with E-state index in [1.165, 1.54) is 12.1 Å². The van der Waals surface area contributed by atoms with Gasteiger partial charge in [-0.05, 0) is 24.6 Å². The number of urea groups is 1. The molecule has 0 saturated heterocycles. The van der Waals surface area contributed by atoms with Crippen LogP contribution in [-0.2, 0) is 6.54 Å². The van der Waals surface area contributed by atoms with Gasteiger partial charge in [-0.25, -0.2) is 14.2 Å². The highest BCUT2D eigenvalue weighted by molar-refractivity contribution is 5.89. The van der Waals surface area contributed by atoms with Gasteiger partial charge < -0.3 is 15.1 Å². The number of anilines is 1. The average Bonchev–Trinajstić information content (AvgIpc) is 3.05. The molecule has 0 fully saturated rings. The van der Waals surface area contributed by atoms with Crippen LogP contribution in [0.15, 0.2) is 59.1 Å². The minimum Gasteiger partial charge on any atom is -0.439 e. The van der Waals surface area contributed by atoms with Gasteiger partial charge in [0.15, 0.2) is 5.76 Å². The number of oxazole rings is 1. The van der Waals surface area contributed by atoms with Crippen LogP contribution in [0.5, 0.6) is 0 Å². The van der Waals surface area contributed by atoms with E-state index in [1.54, 1.807) is 19.2 Å². The maximum atomic E-state index is 13.7.